The maximum absolute atomic E-state index is 12.7. The molecule has 0 bridgehead atoms. The van der Waals surface area contributed by atoms with Crippen molar-refractivity contribution >= 4 is 11.7 Å². The molecule has 2 aromatic heterocycles. The lowest BCUT2D eigenvalue weighted by Gasteiger charge is -2.36. The van der Waals surface area contributed by atoms with E-state index >= 15 is 0 Å². The van der Waals surface area contributed by atoms with E-state index in [1.807, 2.05) is 36.2 Å². The highest BCUT2D eigenvalue weighted by atomic mass is 16.2. The van der Waals surface area contributed by atoms with Crippen molar-refractivity contribution in [3.63, 3.8) is 0 Å². The highest BCUT2D eigenvalue weighted by molar-refractivity contribution is 5.93. The predicted octanol–water partition coefficient (Wildman–Crippen LogP) is 1.79. The van der Waals surface area contributed by atoms with Crippen molar-refractivity contribution in [2.45, 2.75) is 52.2 Å². The Bertz CT molecular complexity index is 679. The number of anilines is 1. The van der Waals surface area contributed by atoms with Gasteiger partial charge in [-0.15, -0.1) is 0 Å². The largest absolute Gasteiger partial charge is 0.310 e. The van der Waals surface area contributed by atoms with Gasteiger partial charge in [-0.2, -0.15) is 10.2 Å². The Morgan fingerprint density at radius 1 is 1.36 bits per heavy atom. The summed E-state index contributed by atoms with van der Waals surface area (Å²) in [7, 11) is 0. The predicted molar refractivity (Wildman–Crippen MR) is 95.0 cm³/mol. The van der Waals surface area contributed by atoms with Gasteiger partial charge in [-0.3, -0.25) is 14.4 Å². The average molecular weight is 345 g/mol. The maximum atomic E-state index is 12.7. The van der Waals surface area contributed by atoms with Crippen molar-refractivity contribution in [3.8, 4) is 0 Å². The molecule has 0 spiro atoms. The minimum Gasteiger partial charge on any atom is -0.310 e. The Morgan fingerprint density at radius 3 is 2.92 bits per heavy atom. The lowest BCUT2D eigenvalue weighted by molar-refractivity contribution is -0.121. The molecule has 2 atom stereocenters. The molecule has 0 radical (unpaired) electrons. The molecule has 1 aliphatic rings. The molecule has 0 unspecified atom stereocenters. The minimum absolute atomic E-state index is 0.0174. The number of piperidine rings is 1. The third kappa shape index (κ3) is 4.25. The molecular weight excluding hydrogens is 318 g/mol. The first-order valence-corrected chi connectivity index (χ1v) is 8.95. The van der Waals surface area contributed by atoms with Crippen molar-refractivity contribution in [1.82, 2.24) is 29.4 Å². The van der Waals surface area contributed by atoms with Crippen molar-refractivity contribution in [2.24, 2.45) is 5.92 Å². The van der Waals surface area contributed by atoms with Crippen LogP contribution in [0.5, 0.6) is 0 Å². The fraction of sp³-hybridized carbons (Fsp3) is 0.647. The van der Waals surface area contributed by atoms with E-state index in [0.717, 1.165) is 38.3 Å². The van der Waals surface area contributed by atoms with E-state index in [2.05, 4.69) is 25.4 Å². The molecule has 0 aliphatic carbocycles. The van der Waals surface area contributed by atoms with Crippen LogP contribution >= 0.6 is 0 Å². The van der Waals surface area contributed by atoms with Crippen LogP contribution in [0.3, 0.4) is 0 Å². The number of carbonyl (C=O) groups excluding carboxylic acids is 1. The first-order chi connectivity index (χ1) is 12.0. The molecule has 3 rings (SSSR count). The summed E-state index contributed by atoms with van der Waals surface area (Å²) in [6.45, 7) is 8.77. The zero-order valence-electron chi connectivity index (χ0n) is 15.2. The van der Waals surface area contributed by atoms with E-state index in [-0.39, 0.29) is 18.0 Å². The second-order valence-electron chi connectivity index (χ2n) is 7.04. The van der Waals surface area contributed by atoms with Gasteiger partial charge in [0.15, 0.2) is 0 Å². The van der Waals surface area contributed by atoms with E-state index in [4.69, 9.17) is 0 Å². The van der Waals surface area contributed by atoms with Gasteiger partial charge in [0, 0.05) is 25.2 Å². The Hall–Kier alpha value is -2.22. The van der Waals surface area contributed by atoms with Crippen LogP contribution in [0.15, 0.2) is 24.9 Å². The topological polar surface area (TPSA) is 80.9 Å². The van der Waals surface area contributed by atoms with Crippen LogP contribution in [-0.2, 0) is 11.3 Å². The number of aromatic nitrogens is 5. The maximum Gasteiger partial charge on any atom is 0.242 e. The molecule has 0 saturated carbocycles. The van der Waals surface area contributed by atoms with Gasteiger partial charge in [0.1, 0.15) is 18.5 Å². The van der Waals surface area contributed by atoms with Crippen molar-refractivity contribution < 1.29 is 4.79 Å². The summed E-state index contributed by atoms with van der Waals surface area (Å²) < 4.78 is 3.70. The van der Waals surface area contributed by atoms with Gasteiger partial charge < -0.3 is 5.32 Å². The second-order valence-corrected chi connectivity index (χ2v) is 7.04. The fourth-order valence-corrected chi connectivity index (χ4v) is 3.41. The van der Waals surface area contributed by atoms with Crippen LogP contribution in [0.25, 0.3) is 0 Å². The van der Waals surface area contributed by atoms with Crippen LogP contribution in [0.2, 0.25) is 0 Å². The van der Waals surface area contributed by atoms with E-state index in [1.54, 1.807) is 18.9 Å². The van der Waals surface area contributed by atoms with Crippen LogP contribution < -0.4 is 5.32 Å². The smallest absolute Gasteiger partial charge is 0.242 e. The monoisotopic (exact) mass is 345 g/mol. The highest BCUT2D eigenvalue weighted by Crippen LogP contribution is 2.21. The second kappa shape index (κ2) is 7.77. The van der Waals surface area contributed by atoms with Crippen LogP contribution in [0.4, 0.5) is 5.82 Å². The highest BCUT2D eigenvalue weighted by Gasteiger charge is 2.28. The molecule has 3 heterocycles. The average Bonchev–Trinajstić information content (AvgIpc) is 3.26. The van der Waals surface area contributed by atoms with E-state index in [0.29, 0.717) is 5.92 Å². The Morgan fingerprint density at radius 2 is 2.20 bits per heavy atom. The number of hydrogen-bond acceptors (Lipinski definition) is 5. The van der Waals surface area contributed by atoms with Crippen LogP contribution in [-0.4, -0.2) is 54.5 Å². The molecule has 1 saturated heterocycles. The summed E-state index contributed by atoms with van der Waals surface area (Å²) in [6.07, 6.45) is 7.29. The number of likely N-dealkylation sites (tertiary alicyclic amines) is 1. The normalized spacial score (nSPS) is 19.9. The third-order valence-corrected chi connectivity index (χ3v) is 4.80. The number of amides is 1. The number of hydrogen-bond donors (Lipinski definition) is 1. The minimum atomic E-state index is -0.172. The third-order valence-electron chi connectivity index (χ3n) is 4.80. The van der Waals surface area contributed by atoms with Crippen molar-refractivity contribution in [3.05, 3.63) is 24.9 Å². The lowest BCUT2D eigenvalue weighted by atomic mass is 9.96. The zero-order chi connectivity index (χ0) is 17.8. The Kier molecular flexibility index (Phi) is 5.47. The van der Waals surface area contributed by atoms with Gasteiger partial charge in [-0.1, -0.05) is 0 Å². The molecule has 1 N–H and O–H groups in total. The van der Waals surface area contributed by atoms with Crippen molar-refractivity contribution in [2.75, 3.05) is 18.4 Å². The first kappa shape index (κ1) is 17.6. The molecule has 136 valence electrons. The number of carbonyl (C=O) groups is 1. The standard InChI is InChI=1S/C17H27N7O/c1-13(2)24-16(6-7-19-24)21-17(25)14(3)22-8-4-5-15(9-22)10-23-12-18-11-20-23/h6-7,11-15H,4-5,8-10H2,1-3H3,(H,21,25)/t14-,15+/m1/s1. The lowest BCUT2D eigenvalue weighted by Crippen LogP contribution is -2.47. The summed E-state index contributed by atoms with van der Waals surface area (Å²) >= 11 is 0. The number of nitrogens with one attached hydrogen (secondary N) is 1. The van der Waals surface area contributed by atoms with Gasteiger partial charge in [-0.25, -0.2) is 9.67 Å². The molecule has 25 heavy (non-hydrogen) atoms. The first-order valence-electron chi connectivity index (χ1n) is 8.95. The summed E-state index contributed by atoms with van der Waals surface area (Å²) in [5.74, 6) is 1.26. The summed E-state index contributed by atoms with van der Waals surface area (Å²) in [5, 5.41) is 11.5. The van der Waals surface area contributed by atoms with Gasteiger partial charge in [-0.05, 0) is 46.1 Å². The van der Waals surface area contributed by atoms with Crippen LogP contribution in [0.1, 0.15) is 39.7 Å². The molecule has 0 aromatic carbocycles. The number of nitrogens with zero attached hydrogens (tertiary/aromatic N) is 6. The SMILES string of the molecule is CC(C)n1nccc1NC(=O)[C@@H](C)N1CCC[C@H](Cn2cncn2)C1. The fourth-order valence-electron chi connectivity index (χ4n) is 3.41. The van der Waals surface area contributed by atoms with E-state index in [1.165, 1.54) is 0 Å². The Balaban J connectivity index is 1.58. The molecular formula is C17H27N7O. The van der Waals surface area contributed by atoms with Gasteiger partial charge in [0.05, 0.1) is 12.2 Å². The van der Waals surface area contributed by atoms with Crippen molar-refractivity contribution in [1.29, 1.82) is 0 Å². The molecule has 8 heteroatoms. The molecule has 2 aromatic rings. The van der Waals surface area contributed by atoms with Gasteiger partial charge in [0.2, 0.25) is 5.91 Å². The number of rotatable bonds is 6. The van der Waals surface area contributed by atoms with Gasteiger partial charge >= 0.3 is 0 Å². The summed E-state index contributed by atoms with van der Waals surface area (Å²) in [6, 6.07) is 1.88. The molecule has 1 aliphatic heterocycles. The summed E-state index contributed by atoms with van der Waals surface area (Å²) in [4.78, 5) is 18.9. The summed E-state index contributed by atoms with van der Waals surface area (Å²) in [5.41, 5.74) is 0. The molecule has 1 amide bonds. The zero-order valence-corrected chi connectivity index (χ0v) is 15.2. The van der Waals surface area contributed by atoms with E-state index in [9.17, 15) is 4.79 Å². The molecule has 1 fully saturated rings. The van der Waals surface area contributed by atoms with Gasteiger partial charge in [0.25, 0.3) is 0 Å². The van der Waals surface area contributed by atoms with Crippen LogP contribution in [0, 0.1) is 5.92 Å². The molecule has 8 nitrogen and oxygen atoms in total. The Labute approximate surface area is 148 Å². The quantitative estimate of drug-likeness (QED) is 0.863. The van der Waals surface area contributed by atoms with E-state index < -0.39 is 0 Å².